The molecule has 1 heterocycles. The second-order valence-electron chi connectivity index (χ2n) is 5.89. The van der Waals surface area contributed by atoms with E-state index >= 15 is 0 Å². The SMILES string of the molecule is CC(C)c1cc(Oc2c(Cl)c(F)nc(NC(CO)CO)c2Cl)ccc1O. The van der Waals surface area contributed by atoms with Crippen LogP contribution in [-0.4, -0.2) is 39.6 Å². The Bertz CT molecular complexity index is 786. The summed E-state index contributed by atoms with van der Waals surface area (Å²) in [4.78, 5) is 3.59. The Morgan fingerprint density at radius 3 is 2.42 bits per heavy atom. The van der Waals surface area contributed by atoms with Crippen molar-refractivity contribution in [3.05, 3.63) is 39.8 Å². The van der Waals surface area contributed by atoms with Crippen LogP contribution in [0.2, 0.25) is 10.0 Å². The Kier molecular flexibility index (Phi) is 6.88. The van der Waals surface area contributed by atoms with Crippen LogP contribution in [0, 0.1) is 5.95 Å². The molecule has 26 heavy (non-hydrogen) atoms. The Balaban J connectivity index is 2.43. The van der Waals surface area contributed by atoms with Gasteiger partial charge >= 0.3 is 0 Å². The Hall–Kier alpha value is -1.80. The number of phenolic OH excluding ortho intramolecular Hbond substituents is 1. The van der Waals surface area contributed by atoms with Crippen LogP contribution in [0.4, 0.5) is 10.2 Å². The van der Waals surface area contributed by atoms with Crippen molar-refractivity contribution in [2.24, 2.45) is 0 Å². The molecule has 0 saturated carbocycles. The average Bonchev–Trinajstić information content (AvgIpc) is 2.61. The van der Waals surface area contributed by atoms with Gasteiger partial charge in [0.15, 0.2) is 11.6 Å². The maximum absolute atomic E-state index is 14.1. The van der Waals surface area contributed by atoms with Crippen molar-refractivity contribution in [1.82, 2.24) is 4.98 Å². The number of aliphatic hydroxyl groups excluding tert-OH is 2. The maximum atomic E-state index is 14.1. The molecule has 0 aliphatic heterocycles. The number of aromatic nitrogens is 1. The van der Waals surface area contributed by atoms with Gasteiger partial charge in [0.05, 0.1) is 19.3 Å². The normalized spacial score (nSPS) is 11.3. The van der Waals surface area contributed by atoms with Gasteiger partial charge in [-0.05, 0) is 24.1 Å². The van der Waals surface area contributed by atoms with Gasteiger partial charge in [-0.15, -0.1) is 0 Å². The van der Waals surface area contributed by atoms with Gasteiger partial charge in [0, 0.05) is 5.56 Å². The van der Waals surface area contributed by atoms with Crippen molar-refractivity contribution in [3.63, 3.8) is 0 Å². The fourth-order valence-electron chi connectivity index (χ4n) is 2.20. The third kappa shape index (κ3) is 4.48. The first-order valence-corrected chi connectivity index (χ1v) is 8.57. The van der Waals surface area contributed by atoms with Crippen LogP contribution in [-0.2, 0) is 0 Å². The van der Waals surface area contributed by atoms with Crippen molar-refractivity contribution in [1.29, 1.82) is 0 Å². The molecule has 1 aromatic heterocycles. The number of aromatic hydroxyl groups is 1. The largest absolute Gasteiger partial charge is 0.508 e. The highest BCUT2D eigenvalue weighted by atomic mass is 35.5. The first-order valence-electron chi connectivity index (χ1n) is 7.82. The summed E-state index contributed by atoms with van der Waals surface area (Å²) in [6.07, 6.45) is 0. The van der Waals surface area contributed by atoms with E-state index in [-0.39, 0.29) is 28.3 Å². The minimum absolute atomic E-state index is 0.0331. The molecule has 0 unspecified atom stereocenters. The minimum Gasteiger partial charge on any atom is -0.508 e. The number of anilines is 1. The van der Waals surface area contributed by atoms with E-state index in [0.717, 1.165) is 0 Å². The van der Waals surface area contributed by atoms with Crippen LogP contribution >= 0.6 is 23.2 Å². The second kappa shape index (κ2) is 8.73. The summed E-state index contributed by atoms with van der Waals surface area (Å²) in [6.45, 7) is 2.98. The van der Waals surface area contributed by atoms with Gasteiger partial charge < -0.3 is 25.4 Å². The molecule has 0 fully saturated rings. The summed E-state index contributed by atoms with van der Waals surface area (Å²) in [7, 11) is 0. The number of nitrogens with zero attached hydrogens (tertiary/aromatic N) is 1. The summed E-state index contributed by atoms with van der Waals surface area (Å²) < 4.78 is 19.7. The number of phenols is 1. The molecule has 0 aliphatic carbocycles. The van der Waals surface area contributed by atoms with Gasteiger partial charge in [-0.3, -0.25) is 0 Å². The van der Waals surface area contributed by atoms with Crippen molar-refractivity contribution in [3.8, 4) is 17.2 Å². The smallest absolute Gasteiger partial charge is 0.237 e. The topological polar surface area (TPSA) is 94.8 Å². The predicted molar refractivity (Wildman–Crippen MR) is 98.1 cm³/mol. The highest BCUT2D eigenvalue weighted by Crippen LogP contribution is 2.42. The molecule has 4 N–H and O–H groups in total. The van der Waals surface area contributed by atoms with Crippen LogP contribution in [0.5, 0.6) is 17.2 Å². The van der Waals surface area contributed by atoms with Gasteiger partial charge in [-0.2, -0.15) is 9.37 Å². The van der Waals surface area contributed by atoms with Crippen LogP contribution in [0.3, 0.4) is 0 Å². The van der Waals surface area contributed by atoms with E-state index < -0.39 is 30.2 Å². The monoisotopic (exact) mass is 404 g/mol. The Labute approximate surface area is 160 Å². The lowest BCUT2D eigenvalue weighted by atomic mass is 10.0. The zero-order chi connectivity index (χ0) is 19.4. The average molecular weight is 405 g/mol. The van der Waals surface area contributed by atoms with E-state index in [9.17, 15) is 9.50 Å². The summed E-state index contributed by atoms with van der Waals surface area (Å²) in [5, 5.41) is 30.3. The van der Waals surface area contributed by atoms with Crippen molar-refractivity contribution in [2.45, 2.75) is 25.8 Å². The molecule has 9 heteroatoms. The molecule has 6 nitrogen and oxygen atoms in total. The quantitative estimate of drug-likeness (QED) is 0.522. The zero-order valence-corrected chi connectivity index (χ0v) is 15.6. The minimum atomic E-state index is -1.02. The molecule has 0 amide bonds. The van der Waals surface area contributed by atoms with Gasteiger partial charge in [0.25, 0.3) is 0 Å². The van der Waals surface area contributed by atoms with Gasteiger partial charge in [0.2, 0.25) is 5.95 Å². The second-order valence-corrected chi connectivity index (χ2v) is 6.65. The number of ether oxygens (including phenoxy) is 1. The first-order chi connectivity index (χ1) is 12.3. The summed E-state index contributed by atoms with van der Waals surface area (Å²) >= 11 is 12.1. The summed E-state index contributed by atoms with van der Waals surface area (Å²) in [5.41, 5.74) is 0.642. The van der Waals surface area contributed by atoms with Crippen LogP contribution < -0.4 is 10.1 Å². The van der Waals surface area contributed by atoms with Crippen molar-refractivity contribution >= 4 is 29.0 Å². The number of aliphatic hydroxyl groups is 2. The van der Waals surface area contributed by atoms with E-state index in [1.165, 1.54) is 12.1 Å². The molecule has 0 aliphatic rings. The molecule has 2 aromatic rings. The van der Waals surface area contributed by atoms with Gasteiger partial charge in [-0.1, -0.05) is 37.0 Å². The number of rotatable bonds is 7. The highest BCUT2D eigenvalue weighted by Gasteiger charge is 2.22. The Morgan fingerprint density at radius 2 is 1.85 bits per heavy atom. The fraction of sp³-hybridized carbons (Fsp3) is 0.353. The predicted octanol–water partition coefficient (Wildman–Crippen LogP) is 3.91. The number of nitrogens with one attached hydrogen (secondary N) is 1. The lowest BCUT2D eigenvalue weighted by Gasteiger charge is -2.18. The first kappa shape index (κ1) is 20.5. The molecular formula is C17H19Cl2FN2O4. The van der Waals surface area contributed by atoms with E-state index in [1.807, 2.05) is 13.8 Å². The molecule has 0 radical (unpaired) electrons. The number of halogens is 3. The van der Waals surface area contributed by atoms with E-state index in [0.29, 0.717) is 11.3 Å². The van der Waals surface area contributed by atoms with Gasteiger partial charge in [-0.25, -0.2) is 0 Å². The van der Waals surface area contributed by atoms with Crippen molar-refractivity contribution in [2.75, 3.05) is 18.5 Å². The zero-order valence-electron chi connectivity index (χ0n) is 14.1. The summed E-state index contributed by atoms with van der Waals surface area (Å²) in [5.74, 6) is -0.871. The number of hydrogen-bond acceptors (Lipinski definition) is 6. The lowest BCUT2D eigenvalue weighted by molar-refractivity contribution is 0.203. The number of benzene rings is 1. The van der Waals surface area contributed by atoms with E-state index in [4.69, 9.17) is 38.2 Å². The van der Waals surface area contributed by atoms with E-state index in [1.54, 1.807) is 6.07 Å². The molecule has 0 spiro atoms. The highest BCUT2D eigenvalue weighted by molar-refractivity contribution is 6.38. The molecule has 1 aromatic carbocycles. The van der Waals surface area contributed by atoms with Crippen LogP contribution in [0.1, 0.15) is 25.3 Å². The molecule has 0 bridgehead atoms. The third-order valence-electron chi connectivity index (χ3n) is 3.62. The van der Waals surface area contributed by atoms with Crippen molar-refractivity contribution < 1.29 is 24.4 Å². The lowest BCUT2D eigenvalue weighted by Crippen LogP contribution is -2.28. The number of pyridine rings is 1. The molecular weight excluding hydrogens is 386 g/mol. The molecule has 0 atom stereocenters. The number of hydrogen-bond donors (Lipinski definition) is 4. The maximum Gasteiger partial charge on any atom is 0.237 e. The van der Waals surface area contributed by atoms with E-state index in [2.05, 4.69) is 10.3 Å². The molecule has 142 valence electrons. The standard InChI is InChI=1S/C17H19Cl2FN2O4/c1-8(2)11-5-10(3-4-12(11)25)26-15-13(18)16(20)22-17(14(15)19)21-9(6-23)7-24/h3-5,8-9,23-25H,6-7H2,1-2H3,(H,21,22). The fourth-order valence-corrected chi connectivity index (χ4v) is 2.65. The van der Waals surface area contributed by atoms with Crippen LogP contribution in [0.25, 0.3) is 0 Å². The molecule has 2 rings (SSSR count). The summed E-state index contributed by atoms with van der Waals surface area (Å²) in [6, 6.07) is 3.76. The Morgan fingerprint density at radius 1 is 1.19 bits per heavy atom. The third-order valence-corrected chi connectivity index (χ3v) is 4.30. The van der Waals surface area contributed by atoms with Gasteiger partial charge in [0.1, 0.15) is 21.5 Å². The van der Waals surface area contributed by atoms with Crippen LogP contribution in [0.15, 0.2) is 18.2 Å². The molecule has 0 saturated heterocycles.